The SMILES string of the molecule is C[C@@H]1C(=O)C(C(N)=O)=C(O)[C@@]2(O)C(=O)C3=C(O)c4c(O)cccc4[C@H](C)[C@@]3(C)C[C@@H]12. The van der Waals surface area contributed by atoms with Gasteiger partial charge in [0.25, 0.3) is 5.91 Å². The fraction of sp³-hybridized carbons (Fsp3) is 0.409. The van der Waals surface area contributed by atoms with Crippen LogP contribution in [0, 0.1) is 17.3 Å². The third kappa shape index (κ3) is 2.11. The summed E-state index contributed by atoms with van der Waals surface area (Å²) in [6.07, 6.45) is 0.0773. The van der Waals surface area contributed by atoms with Crippen LogP contribution in [0.5, 0.6) is 5.75 Å². The summed E-state index contributed by atoms with van der Waals surface area (Å²) in [6.45, 7) is 5.06. The van der Waals surface area contributed by atoms with Crippen molar-refractivity contribution in [1.82, 2.24) is 0 Å². The Hall–Kier alpha value is -3.13. The second kappa shape index (κ2) is 5.95. The predicted molar refractivity (Wildman–Crippen MR) is 105 cm³/mol. The number of aliphatic hydroxyl groups excluding tert-OH is 2. The molecule has 1 aromatic rings. The van der Waals surface area contributed by atoms with Crippen molar-refractivity contribution >= 4 is 23.2 Å². The van der Waals surface area contributed by atoms with Crippen LogP contribution >= 0.6 is 0 Å². The zero-order chi connectivity index (χ0) is 22.3. The van der Waals surface area contributed by atoms with Gasteiger partial charge in [0.1, 0.15) is 22.8 Å². The number of Topliss-reactive ketones (excluding diaryl/α,β-unsaturated/α-hetero) is 2. The van der Waals surface area contributed by atoms with E-state index in [2.05, 4.69) is 0 Å². The predicted octanol–water partition coefficient (Wildman–Crippen LogP) is 1.62. The molecule has 5 atom stereocenters. The summed E-state index contributed by atoms with van der Waals surface area (Å²) in [4.78, 5) is 38.1. The quantitative estimate of drug-likeness (QED) is 0.438. The monoisotopic (exact) mass is 413 g/mol. The minimum atomic E-state index is -2.58. The number of hydrogen-bond donors (Lipinski definition) is 5. The van der Waals surface area contributed by atoms with E-state index >= 15 is 0 Å². The van der Waals surface area contributed by atoms with Crippen molar-refractivity contribution in [3.63, 3.8) is 0 Å². The van der Waals surface area contributed by atoms with Crippen molar-refractivity contribution in [3.8, 4) is 5.75 Å². The first-order valence-corrected chi connectivity index (χ1v) is 9.69. The number of phenolic OH excluding ortho intramolecular Hbond substituents is 1. The van der Waals surface area contributed by atoms with Crippen molar-refractivity contribution in [2.45, 2.75) is 38.7 Å². The lowest BCUT2D eigenvalue weighted by Crippen LogP contribution is -2.63. The van der Waals surface area contributed by atoms with E-state index in [4.69, 9.17) is 5.73 Å². The van der Waals surface area contributed by atoms with Crippen molar-refractivity contribution in [3.05, 3.63) is 46.2 Å². The maximum atomic E-state index is 13.6. The molecule has 3 aliphatic rings. The van der Waals surface area contributed by atoms with Crippen LogP contribution in [0.15, 0.2) is 35.1 Å². The number of carbonyl (C=O) groups is 3. The van der Waals surface area contributed by atoms with E-state index in [9.17, 15) is 34.8 Å². The van der Waals surface area contributed by atoms with Crippen LogP contribution in [-0.4, -0.2) is 43.5 Å². The topological polar surface area (TPSA) is 158 Å². The van der Waals surface area contributed by atoms with Crippen LogP contribution in [0.25, 0.3) is 5.76 Å². The standard InChI is InChI=1S/C22H23NO7/c1-8-11-7-21(3)9(2)10-5-4-6-12(24)13(10)17(26)15(21)19(28)22(11,30)18(27)14(16(8)25)20(23)29/h4-6,8-9,11,24,26-27,30H,7H2,1-3H3,(H2,23,29)/t8-,9-,11-,21+,22+/m0/s1. The number of hydrogen-bond acceptors (Lipinski definition) is 7. The van der Waals surface area contributed by atoms with Crippen LogP contribution < -0.4 is 5.73 Å². The molecule has 0 spiro atoms. The van der Waals surface area contributed by atoms with Gasteiger partial charge in [-0.2, -0.15) is 0 Å². The van der Waals surface area contributed by atoms with Gasteiger partial charge in [-0.05, 0) is 24.0 Å². The molecule has 1 saturated carbocycles. The van der Waals surface area contributed by atoms with Crippen molar-refractivity contribution in [2.75, 3.05) is 0 Å². The summed E-state index contributed by atoms with van der Waals surface area (Å²) in [7, 11) is 0. The second-order valence-corrected chi connectivity index (χ2v) is 8.75. The van der Waals surface area contributed by atoms with E-state index in [-0.39, 0.29) is 29.2 Å². The largest absolute Gasteiger partial charge is 0.508 e. The summed E-state index contributed by atoms with van der Waals surface area (Å²) in [5.74, 6) is -7.11. The van der Waals surface area contributed by atoms with Crippen molar-refractivity contribution < 1.29 is 34.8 Å². The molecule has 8 nitrogen and oxygen atoms in total. The zero-order valence-corrected chi connectivity index (χ0v) is 16.8. The Morgan fingerprint density at radius 2 is 1.80 bits per heavy atom. The highest BCUT2D eigenvalue weighted by molar-refractivity contribution is 6.23. The van der Waals surface area contributed by atoms with E-state index in [1.54, 1.807) is 19.1 Å². The van der Waals surface area contributed by atoms with E-state index in [1.165, 1.54) is 13.0 Å². The van der Waals surface area contributed by atoms with Crippen LogP contribution in [0.3, 0.4) is 0 Å². The molecule has 30 heavy (non-hydrogen) atoms. The fourth-order valence-corrected chi connectivity index (χ4v) is 5.52. The van der Waals surface area contributed by atoms with Crippen LogP contribution in [0.4, 0.5) is 0 Å². The summed E-state index contributed by atoms with van der Waals surface area (Å²) in [6, 6.07) is 4.74. The molecule has 3 aliphatic carbocycles. The van der Waals surface area contributed by atoms with Crippen LogP contribution in [0.2, 0.25) is 0 Å². The minimum Gasteiger partial charge on any atom is -0.508 e. The number of aromatic hydroxyl groups is 1. The lowest BCUT2D eigenvalue weighted by Gasteiger charge is -2.54. The Morgan fingerprint density at radius 1 is 1.17 bits per heavy atom. The fourth-order valence-electron chi connectivity index (χ4n) is 5.52. The van der Waals surface area contributed by atoms with Gasteiger partial charge in [-0.1, -0.05) is 32.9 Å². The number of phenols is 1. The molecule has 0 radical (unpaired) electrons. The number of rotatable bonds is 1. The second-order valence-electron chi connectivity index (χ2n) is 8.75. The Kier molecular flexibility index (Phi) is 4.00. The number of benzene rings is 1. The molecule has 0 aliphatic heterocycles. The molecule has 0 unspecified atom stereocenters. The number of primary amides is 1. The van der Waals surface area contributed by atoms with Gasteiger partial charge in [0, 0.05) is 22.8 Å². The lowest BCUT2D eigenvalue weighted by molar-refractivity contribution is -0.155. The van der Waals surface area contributed by atoms with Gasteiger partial charge in [-0.25, -0.2) is 0 Å². The molecule has 158 valence electrons. The van der Waals surface area contributed by atoms with Crippen molar-refractivity contribution in [1.29, 1.82) is 0 Å². The maximum absolute atomic E-state index is 13.6. The first-order valence-electron chi connectivity index (χ1n) is 9.69. The molecular weight excluding hydrogens is 390 g/mol. The first kappa shape index (κ1) is 20.2. The lowest BCUT2D eigenvalue weighted by atomic mass is 9.49. The molecule has 0 aromatic heterocycles. The number of fused-ring (bicyclic) bond motifs is 3. The maximum Gasteiger partial charge on any atom is 0.255 e. The number of nitrogens with two attached hydrogens (primary N) is 1. The molecule has 4 rings (SSSR count). The van der Waals surface area contributed by atoms with Gasteiger partial charge in [-0.3, -0.25) is 14.4 Å². The number of aliphatic hydroxyl groups is 3. The van der Waals surface area contributed by atoms with E-state index in [0.717, 1.165) is 0 Å². The third-order valence-electron chi connectivity index (χ3n) is 7.40. The molecule has 0 bridgehead atoms. The summed E-state index contributed by atoms with van der Waals surface area (Å²) in [5, 5.41) is 43.4. The summed E-state index contributed by atoms with van der Waals surface area (Å²) >= 11 is 0. The average molecular weight is 413 g/mol. The van der Waals surface area contributed by atoms with E-state index in [1.807, 2.05) is 6.92 Å². The molecule has 1 amide bonds. The van der Waals surface area contributed by atoms with E-state index < -0.39 is 57.4 Å². The van der Waals surface area contributed by atoms with Crippen LogP contribution in [0.1, 0.15) is 44.2 Å². The molecule has 1 fully saturated rings. The van der Waals surface area contributed by atoms with Gasteiger partial charge >= 0.3 is 0 Å². The zero-order valence-electron chi connectivity index (χ0n) is 16.8. The molecule has 6 N–H and O–H groups in total. The van der Waals surface area contributed by atoms with Gasteiger partial charge < -0.3 is 26.2 Å². The minimum absolute atomic E-state index is 0.0773. The molecule has 0 heterocycles. The number of ketones is 2. The highest BCUT2D eigenvalue weighted by atomic mass is 16.3. The molecule has 0 saturated heterocycles. The van der Waals surface area contributed by atoms with Gasteiger partial charge in [0.05, 0.1) is 5.56 Å². The summed E-state index contributed by atoms with van der Waals surface area (Å²) < 4.78 is 0. The third-order valence-corrected chi connectivity index (χ3v) is 7.40. The van der Waals surface area contributed by atoms with Gasteiger partial charge in [0.15, 0.2) is 11.4 Å². The average Bonchev–Trinajstić information content (AvgIpc) is 2.67. The number of carbonyl (C=O) groups excluding carboxylic acids is 3. The van der Waals surface area contributed by atoms with Gasteiger partial charge in [0.2, 0.25) is 5.78 Å². The highest BCUT2D eigenvalue weighted by Gasteiger charge is 2.66. The highest BCUT2D eigenvalue weighted by Crippen LogP contribution is 2.62. The molecule has 1 aromatic carbocycles. The normalized spacial score (nSPS) is 35.7. The Morgan fingerprint density at radius 3 is 2.40 bits per heavy atom. The molecular formula is C22H23NO7. The van der Waals surface area contributed by atoms with Crippen LogP contribution in [-0.2, 0) is 14.4 Å². The smallest absolute Gasteiger partial charge is 0.255 e. The Bertz CT molecular complexity index is 1100. The van der Waals surface area contributed by atoms with Gasteiger partial charge in [-0.15, -0.1) is 0 Å². The molecule has 8 heteroatoms. The summed E-state index contributed by atoms with van der Waals surface area (Å²) in [5.41, 5.74) is 1.43. The number of amides is 1. The van der Waals surface area contributed by atoms with Crippen molar-refractivity contribution in [2.24, 2.45) is 23.0 Å². The first-order chi connectivity index (χ1) is 13.9. The Balaban J connectivity index is 2.05. The Labute approximate surface area is 172 Å². The van der Waals surface area contributed by atoms with E-state index in [0.29, 0.717) is 5.56 Å².